The number of ether oxygens (including phenoxy) is 1. The second-order valence-electron chi connectivity index (χ2n) is 8.75. The monoisotopic (exact) mass is 459 g/mol. The smallest absolute Gasteiger partial charge is 0.295 e. The number of nitrogens with zero attached hydrogens (tertiary/aromatic N) is 3. The largest absolute Gasteiger partial charge is 0.507 e. The first kappa shape index (κ1) is 23.3. The molecule has 1 amide bonds. The van der Waals surface area contributed by atoms with Crippen molar-refractivity contribution >= 4 is 17.4 Å². The molecular weight excluding hydrogens is 430 g/mol. The fourth-order valence-corrected chi connectivity index (χ4v) is 4.17. The molecule has 34 heavy (non-hydrogen) atoms. The van der Waals surface area contributed by atoms with Crippen LogP contribution in [-0.2, 0) is 16.1 Å². The molecule has 1 unspecified atom stereocenters. The van der Waals surface area contributed by atoms with Gasteiger partial charge in [0.1, 0.15) is 11.5 Å². The lowest BCUT2D eigenvalue weighted by atomic mass is 9.94. The highest BCUT2D eigenvalue weighted by molar-refractivity contribution is 6.46. The zero-order valence-electron chi connectivity index (χ0n) is 19.6. The summed E-state index contributed by atoms with van der Waals surface area (Å²) in [6.45, 7) is 6.89. The van der Waals surface area contributed by atoms with Crippen LogP contribution in [0.1, 0.15) is 43.0 Å². The van der Waals surface area contributed by atoms with Crippen LogP contribution in [0.5, 0.6) is 5.75 Å². The van der Waals surface area contributed by atoms with Crippen LogP contribution in [0.25, 0.3) is 5.76 Å². The lowest BCUT2D eigenvalue weighted by Crippen LogP contribution is -2.31. The number of carbonyl (C=O) groups is 2. The molecule has 176 valence electrons. The molecule has 1 N–H and O–H groups in total. The summed E-state index contributed by atoms with van der Waals surface area (Å²) in [6, 6.07) is 13.9. The number of Topliss-reactive ketones (excluding diaryl/α,β-unsaturated/α-hetero) is 1. The number of hydrogen-bond donors (Lipinski definition) is 1. The molecule has 1 atom stereocenters. The van der Waals surface area contributed by atoms with Gasteiger partial charge in [0.05, 0.1) is 24.0 Å². The Kier molecular flexibility index (Phi) is 6.82. The fourth-order valence-electron chi connectivity index (χ4n) is 4.17. The maximum Gasteiger partial charge on any atom is 0.295 e. The van der Waals surface area contributed by atoms with Crippen molar-refractivity contribution in [2.45, 2.75) is 45.9 Å². The molecule has 1 aliphatic heterocycles. The van der Waals surface area contributed by atoms with E-state index in [9.17, 15) is 14.7 Å². The number of imidazole rings is 1. The van der Waals surface area contributed by atoms with E-state index < -0.39 is 17.7 Å². The van der Waals surface area contributed by atoms with Gasteiger partial charge in [0.25, 0.3) is 11.7 Å². The highest BCUT2D eigenvalue weighted by Gasteiger charge is 2.45. The maximum absolute atomic E-state index is 13.1. The Hall–Kier alpha value is -3.87. The predicted molar refractivity (Wildman–Crippen MR) is 129 cm³/mol. The van der Waals surface area contributed by atoms with Gasteiger partial charge in [-0.3, -0.25) is 9.59 Å². The van der Waals surface area contributed by atoms with Gasteiger partial charge in [0.15, 0.2) is 0 Å². The first-order chi connectivity index (χ1) is 16.3. The van der Waals surface area contributed by atoms with Crippen molar-refractivity contribution in [2.75, 3.05) is 6.54 Å². The summed E-state index contributed by atoms with van der Waals surface area (Å²) in [5, 5.41) is 11.2. The number of ketones is 1. The number of hydrogen-bond acceptors (Lipinski definition) is 5. The van der Waals surface area contributed by atoms with Crippen LogP contribution >= 0.6 is 0 Å². The fraction of sp³-hybridized carbons (Fsp3) is 0.296. The number of benzene rings is 2. The Morgan fingerprint density at radius 3 is 2.38 bits per heavy atom. The zero-order chi connectivity index (χ0) is 24.2. The van der Waals surface area contributed by atoms with Crippen LogP contribution in [-0.4, -0.2) is 43.9 Å². The second kappa shape index (κ2) is 9.95. The first-order valence-corrected chi connectivity index (χ1v) is 11.4. The van der Waals surface area contributed by atoms with Gasteiger partial charge in [-0.05, 0) is 57.0 Å². The molecule has 1 saturated heterocycles. The molecule has 1 aromatic heterocycles. The van der Waals surface area contributed by atoms with Crippen LogP contribution in [0.4, 0.5) is 0 Å². The van der Waals surface area contributed by atoms with Gasteiger partial charge in [-0.2, -0.15) is 0 Å². The Morgan fingerprint density at radius 1 is 1.06 bits per heavy atom. The molecule has 0 bridgehead atoms. The molecule has 0 saturated carbocycles. The van der Waals surface area contributed by atoms with Crippen molar-refractivity contribution in [1.29, 1.82) is 0 Å². The van der Waals surface area contributed by atoms with E-state index in [0.29, 0.717) is 30.8 Å². The number of rotatable bonds is 8. The molecule has 7 nitrogen and oxygen atoms in total. The third-order valence-electron chi connectivity index (χ3n) is 5.81. The maximum atomic E-state index is 13.1. The molecule has 0 aliphatic carbocycles. The van der Waals surface area contributed by atoms with Gasteiger partial charge in [0, 0.05) is 31.0 Å². The summed E-state index contributed by atoms with van der Waals surface area (Å²) in [5.41, 5.74) is 2.42. The third kappa shape index (κ3) is 4.88. The molecule has 4 rings (SSSR count). The molecule has 2 aromatic carbocycles. The number of amides is 1. The van der Waals surface area contributed by atoms with Crippen LogP contribution in [0.15, 0.2) is 72.8 Å². The number of aryl methyl sites for hydroxylation is 2. The van der Waals surface area contributed by atoms with E-state index in [4.69, 9.17) is 4.74 Å². The number of aromatic nitrogens is 2. The normalized spacial score (nSPS) is 17.5. The summed E-state index contributed by atoms with van der Waals surface area (Å²) in [6.07, 6.45) is 5.95. The lowest BCUT2D eigenvalue weighted by molar-refractivity contribution is -0.139. The molecule has 1 aliphatic rings. The molecule has 1 fully saturated rings. The summed E-state index contributed by atoms with van der Waals surface area (Å²) < 4.78 is 7.60. The molecule has 2 heterocycles. The summed E-state index contributed by atoms with van der Waals surface area (Å²) in [5.74, 6) is -0.788. The minimum Gasteiger partial charge on any atom is -0.507 e. The van der Waals surface area contributed by atoms with Gasteiger partial charge < -0.3 is 19.3 Å². The number of carbonyl (C=O) groups excluding carboxylic acids is 2. The van der Waals surface area contributed by atoms with Crippen LogP contribution in [0, 0.1) is 6.92 Å². The van der Waals surface area contributed by atoms with Gasteiger partial charge in [-0.25, -0.2) is 4.98 Å². The molecule has 0 radical (unpaired) electrons. The quantitative estimate of drug-likeness (QED) is 0.305. The molecule has 7 heteroatoms. The zero-order valence-corrected chi connectivity index (χ0v) is 19.6. The van der Waals surface area contributed by atoms with E-state index in [0.717, 1.165) is 11.1 Å². The predicted octanol–water partition coefficient (Wildman–Crippen LogP) is 4.49. The van der Waals surface area contributed by atoms with Crippen molar-refractivity contribution in [1.82, 2.24) is 14.5 Å². The lowest BCUT2D eigenvalue weighted by Gasteiger charge is -2.25. The van der Waals surface area contributed by atoms with Crippen molar-refractivity contribution < 1.29 is 19.4 Å². The standard InChI is InChI=1S/C27H29N3O4/c1-18(2)34-22-11-9-21(10-12-22)25(31)23-24(20-7-5-19(3)6-8-20)30(27(33)26(23)32)15-4-14-29-16-13-28-17-29/h5-13,16-18,24,31H,4,14-15H2,1-3H3/b25-23-. The van der Waals surface area contributed by atoms with Crippen LogP contribution < -0.4 is 4.74 Å². The summed E-state index contributed by atoms with van der Waals surface area (Å²) >= 11 is 0. The second-order valence-corrected chi connectivity index (χ2v) is 8.75. The Morgan fingerprint density at radius 2 is 1.76 bits per heavy atom. The van der Waals surface area contributed by atoms with Gasteiger partial charge in [0.2, 0.25) is 0 Å². The highest BCUT2D eigenvalue weighted by Crippen LogP contribution is 2.39. The summed E-state index contributed by atoms with van der Waals surface area (Å²) in [7, 11) is 0. The summed E-state index contributed by atoms with van der Waals surface area (Å²) in [4.78, 5) is 31.8. The number of aliphatic hydroxyl groups excluding tert-OH is 1. The average Bonchev–Trinajstić information content (AvgIpc) is 3.42. The van der Waals surface area contributed by atoms with Crippen LogP contribution in [0.2, 0.25) is 0 Å². The average molecular weight is 460 g/mol. The van der Waals surface area contributed by atoms with E-state index in [1.807, 2.05) is 55.8 Å². The van der Waals surface area contributed by atoms with E-state index >= 15 is 0 Å². The topological polar surface area (TPSA) is 84.7 Å². The Labute approximate surface area is 199 Å². The SMILES string of the molecule is Cc1ccc(C2/C(=C(/O)c3ccc(OC(C)C)cc3)C(=O)C(=O)N2CCCn2ccnc2)cc1. The highest BCUT2D eigenvalue weighted by atomic mass is 16.5. The number of likely N-dealkylation sites (tertiary alicyclic amines) is 1. The minimum atomic E-state index is -0.673. The first-order valence-electron chi connectivity index (χ1n) is 11.4. The van der Waals surface area contributed by atoms with Crippen LogP contribution in [0.3, 0.4) is 0 Å². The Bertz CT molecular complexity index is 1180. The van der Waals surface area contributed by atoms with Crippen molar-refractivity contribution in [2.24, 2.45) is 0 Å². The van der Waals surface area contributed by atoms with Gasteiger partial charge >= 0.3 is 0 Å². The van der Waals surface area contributed by atoms with Crippen molar-refractivity contribution in [3.05, 3.63) is 89.5 Å². The third-order valence-corrected chi connectivity index (χ3v) is 5.81. The van der Waals surface area contributed by atoms with Crippen molar-refractivity contribution in [3.63, 3.8) is 0 Å². The van der Waals surface area contributed by atoms with Crippen molar-refractivity contribution in [3.8, 4) is 5.75 Å². The Balaban J connectivity index is 1.69. The molecule has 3 aromatic rings. The molecular formula is C27H29N3O4. The van der Waals surface area contributed by atoms with Gasteiger partial charge in [-0.15, -0.1) is 0 Å². The number of aliphatic hydroxyl groups is 1. The molecule has 0 spiro atoms. The van der Waals surface area contributed by atoms with E-state index in [-0.39, 0.29) is 17.4 Å². The van der Waals surface area contributed by atoms with Gasteiger partial charge in [-0.1, -0.05) is 29.8 Å². The van der Waals surface area contributed by atoms with E-state index in [1.165, 1.54) is 0 Å². The minimum absolute atomic E-state index is 0.0219. The van der Waals surface area contributed by atoms with E-state index in [1.54, 1.807) is 41.7 Å². The van der Waals surface area contributed by atoms with E-state index in [2.05, 4.69) is 4.98 Å².